The average molecular weight is 488 g/mol. The minimum absolute atomic E-state index is 0.282. The van der Waals surface area contributed by atoms with Crippen LogP contribution in [0.5, 0.6) is 0 Å². The lowest BCUT2D eigenvalue weighted by Crippen LogP contribution is -2.38. The number of halogens is 3. The van der Waals surface area contributed by atoms with E-state index in [2.05, 4.69) is 15.7 Å². The summed E-state index contributed by atoms with van der Waals surface area (Å²) in [5, 5.41) is 9.67. The number of amides is 3. The van der Waals surface area contributed by atoms with Crippen LogP contribution in [-0.4, -0.2) is 40.2 Å². The number of alkyl halides is 3. The van der Waals surface area contributed by atoms with E-state index in [0.29, 0.717) is 5.82 Å². The highest BCUT2D eigenvalue weighted by molar-refractivity contribution is 5.97. The van der Waals surface area contributed by atoms with E-state index in [0.717, 1.165) is 34.0 Å². The van der Waals surface area contributed by atoms with Crippen molar-refractivity contribution in [1.82, 2.24) is 14.7 Å². The summed E-state index contributed by atoms with van der Waals surface area (Å²) in [6.45, 7) is 7.54. The van der Waals surface area contributed by atoms with Crippen LogP contribution in [0.25, 0.3) is 5.69 Å². The molecule has 0 spiro atoms. The van der Waals surface area contributed by atoms with E-state index >= 15 is 0 Å². The molecule has 0 radical (unpaired) electrons. The van der Waals surface area contributed by atoms with Gasteiger partial charge in [0.15, 0.2) is 0 Å². The van der Waals surface area contributed by atoms with E-state index in [1.807, 2.05) is 52.0 Å². The highest BCUT2D eigenvalue weighted by Gasteiger charge is 2.34. The normalized spacial score (nSPS) is 11.8. The predicted molar refractivity (Wildman–Crippen MR) is 129 cm³/mol. The number of hydrogen-bond acceptors (Lipinski definition) is 3. The number of anilines is 2. The number of rotatable bonds is 5. The summed E-state index contributed by atoms with van der Waals surface area (Å²) < 4.78 is 41.3. The van der Waals surface area contributed by atoms with Crippen molar-refractivity contribution in [3.8, 4) is 5.69 Å². The molecule has 3 amide bonds. The van der Waals surface area contributed by atoms with Gasteiger partial charge in [0.1, 0.15) is 12.4 Å². The number of urea groups is 1. The molecule has 0 unspecified atom stereocenters. The Bertz CT molecular complexity index is 1230. The number of carbonyl (C=O) groups excluding carboxylic acids is 2. The highest BCUT2D eigenvalue weighted by Crippen LogP contribution is 2.34. The summed E-state index contributed by atoms with van der Waals surface area (Å²) in [5.41, 5.74) is 0.855. The predicted octanol–water partition coefficient (Wildman–Crippen LogP) is 5.60. The first-order valence-electron chi connectivity index (χ1n) is 10.9. The Balaban J connectivity index is 1.77. The molecule has 2 aromatic carbocycles. The minimum atomic E-state index is -4.63. The van der Waals surface area contributed by atoms with Crippen molar-refractivity contribution < 1.29 is 22.8 Å². The summed E-state index contributed by atoms with van der Waals surface area (Å²) in [6.07, 6.45) is -4.63. The van der Waals surface area contributed by atoms with Gasteiger partial charge >= 0.3 is 12.2 Å². The van der Waals surface area contributed by atoms with Gasteiger partial charge in [0.25, 0.3) is 0 Å². The zero-order valence-electron chi connectivity index (χ0n) is 20.2. The summed E-state index contributed by atoms with van der Waals surface area (Å²) in [5.74, 6) is -0.104. The van der Waals surface area contributed by atoms with Gasteiger partial charge in [0, 0.05) is 18.5 Å². The third-order valence-corrected chi connectivity index (χ3v) is 5.29. The van der Waals surface area contributed by atoms with E-state index < -0.39 is 23.7 Å². The minimum Gasteiger partial charge on any atom is -0.318 e. The molecule has 0 saturated heterocycles. The van der Waals surface area contributed by atoms with Gasteiger partial charge in [-0.2, -0.15) is 18.3 Å². The van der Waals surface area contributed by atoms with E-state index in [-0.39, 0.29) is 17.6 Å². The maximum atomic E-state index is 13.2. The number of aryl methyl sites for hydroxylation is 1. The van der Waals surface area contributed by atoms with Gasteiger partial charge in [-0.1, -0.05) is 51.1 Å². The van der Waals surface area contributed by atoms with Crippen molar-refractivity contribution in [2.45, 2.75) is 39.3 Å². The van der Waals surface area contributed by atoms with Crippen LogP contribution in [0.15, 0.2) is 54.6 Å². The number of hydrogen-bond donors (Lipinski definition) is 2. The highest BCUT2D eigenvalue weighted by atomic mass is 19.4. The first kappa shape index (κ1) is 25.8. The van der Waals surface area contributed by atoms with Crippen LogP contribution in [0, 0.1) is 6.92 Å². The second-order valence-corrected chi connectivity index (χ2v) is 9.24. The van der Waals surface area contributed by atoms with E-state index in [1.165, 1.54) is 19.2 Å². The quantitative estimate of drug-likeness (QED) is 0.492. The second-order valence-electron chi connectivity index (χ2n) is 9.24. The zero-order chi connectivity index (χ0) is 26.0. The Morgan fingerprint density at radius 2 is 1.63 bits per heavy atom. The van der Waals surface area contributed by atoms with Gasteiger partial charge in [-0.3, -0.25) is 4.79 Å². The fraction of sp³-hybridized carbons (Fsp3) is 0.320. The molecule has 1 aromatic heterocycles. The molecule has 3 aromatic rings. The van der Waals surface area contributed by atoms with Crippen molar-refractivity contribution in [1.29, 1.82) is 0 Å². The molecule has 7 nitrogen and oxygen atoms in total. The topological polar surface area (TPSA) is 79.3 Å². The fourth-order valence-electron chi connectivity index (χ4n) is 3.34. The number of likely N-dealkylation sites (N-methyl/N-ethyl adjacent to an activating group) is 1. The lowest BCUT2D eigenvalue weighted by atomic mass is 9.92. The van der Waals surface area contributed by atoms with Crippen LogP contribution < -0.4 is 10.6 Å². The van der Waals surface area contributed by atoms with Crippen molar-refractivity contribution >= 4 is 23.4 Å². The molecule has 35 heavy (non-hydrogen) atoms. The molecule has 0 atom stereocenters. The van der Waals surface area contributed by atoms with Crippen molar-refractivity contribution in [3.05, 3.63) is 71.4 Å². The molecule has 0 fully saturated rings. The monoisotopic (exact) mass is 487 g/mol. The van der Waals surface area contributed by atoms with Gasteiger partial charge in [-0.05, 0) is 30.7 Å². The van der Waals surface area contributed by atoms with E-state index in [9.17, 15) is 22.8 Å². The Labute approximate surface area is 201 Å². The van der Waals surface area contributed by atoms with Crippen molar-refractivity contribution in [2.75, 3.05) is 24.2 Å². The van der Waals surface area contributed by atoms with Gasteiger partial charge < -0.3 is 15.5 Å². The van der Waals surface area contributed by atoms with Crippen molar-refractivity contribution in [2.24, 2.45) is 0 Å². The third-order valence-electron chi connectivity index (χ3n) is 5.29. The Hall–Kier alpha value is -3.82. The van der Waals surface area contributed by atoms with Crippen LogP contribution >= 0.6 is 0 Å². The zero-order valence-corrected chi connectivity index (χ0v) is 20.2. The molecule has 0 aliphatic heterocycles. The largest absolute Gasteiger partial charge is 0.418 e. The van der Waals surface area contributed by atoms with Gasteiger partial charge in [-0.25, -0.2) is 9.48 Å². The summed E-state index contributed by atoms with van der Waals surface area (Å²) in [7, 11) is 1.32. The molecule has 186 valence electrons. The molecule has 2 N–H and O–H groups in total. The van der Waals surface area contributed by atoms with Gasteiger partial charge in [0.05, 0.1) is 22.6 Å². The standard InChI is InChI=1S/C25H28F3N5O2/c1-16-10-6-9-13-19(16)33-21(14-20(31-33)24(2,3)4)30-22(34)15-32(5)23(35)29-18-12-8-7-11-17(18)25(26,27)28/h6-14H,15H2,1-5H3,(H,29,35)(H,30,34). The van der Waals surface area contributed by atoms with Crippen molar-refractivity contribution in [3.63, 3.8) is 0 Å². The molecule has 10 heteroatoms. The molecule has 0 saturated carbocycles. The number of carbonyl (C=O) groups is 2. The van der Waals surface area contributed by atoms with Gasteiger partial charge in [0.2, 0.25) is 5.91 Å². The smallest absolute Gasteiger partial charge is 0.318 e. The molecule has 3 rings (SSSR count). The molecule has 0 bridgehead atoms. The molecule has 0 aliphatic rings. The number of nitrogens with zero attached hydrogens (tertiary/aromatic N) is 3. The lowest BCUT2D eigenvalue weighted by Gasteiger charge is -2.20. The number of benzene rings is 2. The number of nitrogens with one attached hydrogen (secondary N) is 2. The third kappa shape index (κ3) is 6.20. The average Bonchev–Trinajstić information content (AvgIpc) is 3.17. The number of para-hydroxylation sites is 2. The molecule has 1 heterocycles. The molecular formula is C25H28F3N5O2. The molecular weight excluding hydrogens is 459 g/mol. The SMILES string of the molecule is Cc1ccccc1-n1nc(C(C)(C)C)cc1NC(=O)CN(C)C(=O)Nc1ccccc1C(F)(F)F. The summed E-state index contributed by atoms with van der Waals surface area (Å²) in [4.78, 5) is 26.3. The molecule has 0 aliphatic carbocycles. The Morgan fingerprint density at radius 3 is 2.26 bits per heavy atom. The lowest BCUT2D eigenvalue weighted by molar-refractivity contribution is -0.137. The Kier molecular flexibility index (Phi) is 7.23. The van der Waals surface area contributed by atoms with Crippen LogP contribution in [0.4, 0.5) is 29.5 Å². The Morgan fingerprint density at radius 1 is 1.00 bits per heavy atom. The van der Waals surface area contributed by atoms with Crippen LogP contribution in [0.2, 0.25) is 0 Å². The maximum absolute atomic E-state index is 13.2. The van der Waals surface area contributed by atoms with Crippen LogP contribution in [0.3, 0.4) is 0 Å². The maximum Gasteiger partial charge on any atom is 0.418 e. The van der Waals surface area contributed by atoms with Crippen LogP contribution in [-0.2, 0) is 16.4 Å². The first-order chi connectivity index (χ1) is 16.3. The summed E-state index contributed by atoms with van der Waals surface area (Å²) in [6, 6.07) is 13.1. The number of aromatic nitrogens is 2. The second kappa shape index (κ2) is 9.81. The van der Waals surface area contributed by atoms with E-state index in [1.54, 1.807) is 10.7 Å². The van der Waals surface area contributed by atoms with Gasteiger partial charge in [-0.15, -0.1) is 0 Å². The summed E-state index contributed by atoms with van der Waals surface area (Å²) >= 11 is 0. The fourth-order valence-corrected chi connectivity index (χ4v) is 3.34. The van der Waals surface area contributed by atoms with E-state index in [4.69, 9.17) is 0 Å². The first-order valence-corrected chi connectivity index (χ1v) is 10.9. The van der Waals surface area contributed by atoms with Crippen LogP contribution in [0.1, 0.15) is 37.6 Å².